The average Bonchev–Trinajstić information content (AvgIpc) is 3.05. The standard InChI is InChI=1S/C21H30N2O6S/c1-30(26,27)23-14-7-8-18-16(9-14)17-10-15(28-19(12-24)21(17)29-18)11-20(25)22-13-5-3-2-4-6-13/h7-9,13,15,17,19,21,23-24H,2-6,10-12H2,1H3,(H,22,25)/t15-,17-,19-,21+/m0/s1. The van der Waals surface area contributed by atoms with Crippen LogP contribution in [0.5, 0.6) is 5.75 Å². The van der Waals surface area contributed by atoms with E-state index in [9.17, 15) is 18.3 Å². The molecule has 0 bridgehead atoms. The molecule has 2 aliphatic heterocycles. The monoisotopic (exact) mass is 438 g/mol. The molecular weight excluding hydrogens is 408 g/mol. The van der Waals surface area contributed by atoms with E-state index in [-0.39, 0.29) is 43.1 Å². The lowest BCUT2D eigenvalue weighted by Crippen LogP contribution is -2.48. The van der Waals surface area contributed by atoms with Crippen LogP contribution >= 0.6 is 0 Å². The number of anilines is 1. The van der Waals surface area contributed by atoms with E-state index in [1.165, 1.54) is 6.42 Å². The van der Waals surface area contributed by atoms with Crippen LogP contribution in [0.4, 0.5) is 5.69 Å². The van der Waals surface area contributed by atoms with E-state index < -0.39 is 16.1 Å². The van der Waals surface area contributed by atoms with Gasteiger partial charge in [-0.25, -0.2) is 8.42 Å². The highest BCUT2D eigenvalue weighted by molar-refractivity contribution is 7.92. The van der Waals surface area contributed by atoms with Crippen LogP contribution in [0.1, 0.15) is 56.4 Å². The Kier molecular flexibility index (Phi) is 6.22. The Morgan fingerprint density at radius 1 is 1.23 bits per heavy atom. The van der Waals surface area contributed by atoms with E-state index in [1.807, 2.05) is 0 Å². The van der Waals surface area contributed by atoms with Gasteiger partial charge in [0.1, 0.15) is 18.0 Å². The first-order valence-electron chi connectivity index (χ1n) is 10.7. The zero-order valence-corrected chi connectivity index (χ0v) is 18.0. The molecule has 1 amide bonds. The van der Waals surface area contributed by atoms with Gasteiger partial charge in [-0.15, -0.1) is 0 Å². The Morgan fingerprint density at radius 2 is 2.00 bits per heavy atom. The van der Waals surface area contributed by atoms with Crippen LogP contribution in [0.15, 0.2) is 18.2 Å². The van der Waals surface area contributed by atoms with Crippen molar-refractivity contribution < 1.29 is 27.8 Å². The van der Waals surface area contributed by atoms with Crippen LogP contribution in [0, 0.1) is 0 Å². The van der Waals surface area contributed by atoms with E-state index in [1.54, 1.807) is 18.2 Å². The van der Waals surface area contributed by atoms with Crippen molar-refractivity contribution in [3.63, 3.8) is 0 Å². The predicted molar refractivity (Wildman–Crippen MR) is 112 cm³/mol. The second kappa shape index (κ2) is 8.72. The first-order valence-corrected chi connectivity index (χ1v) is 12.6. The zero-order valence-electron chi connectivity index (χ0n) is 17.2. The van der Waals surface area contributed by atoms with Crippen molar-refractivity contribution in [1.82, 2.24) is 5.32 Å². The van der Waals surface area contributed by atoms with Crippen LogP contribution in [0.3, 0.4) is 0 Å². The molecule has 1 aliphatic carbocycles. The fourth-order valence-corrected chi connectivity index (χ4v) is 5.46. The number of nitrogens with one attached hydrogen (secondary N) is 2. The van der Waals surface area contributed by atoms with Gasteiger partial charge in [-0.2, -0.15) is 0 Å². The number of amides is 1. The molecule has 2 fully saturated rings. The minimum atomic E-state index is -3.39. The summed E-state index contributed by atoms with van der Waals surface area (Å²) in [6.07, 6.45) is 6.31. The van der Waals surface area contributed by atoms with Gasteiger partial charge in [-0.3, -0.25) is 9.52 Å². The molecule has 1 aromatic carbocycles. The molecule has 1 aromatic rings. The quantitative estimate of drug-likeness (QED) is 0.625. The SMILES string of the molecule is CS(=O)(=O)Nc1ccc2c(c1)[C@@H]1C[C@@H](CC(=O)NC3CCCCC3)O[C@@H](CO)[C@@H]1O2. The van der Waals surface area contributed by atoms with Crippen LogP contribution < -0.4 is 14.8 Å². The highest BCUT2D eigenvalue weighted by Crippen LogP contribution is 2.47. The van der Waals surface area contributed by atoms with Crippen molar-refractivity contribution in [2.75, 3.05) is 17.6 Å². The lowest BCUT2D eigenvalue weighted by molar-refractivity contribution is -0.142. The first kappa shape index (κ1) is 21.4. The molecule has 4 rings (SSSR count). The normalized spacial score (nSPS) is 28.9. The number of hydrogen-bond donors (Lipinski definition) is 3. The van der Waals surface area contributed by atoms with Crippen molar-refractivity contribution in [2.45, 2.75) is 75.2 Å². The molecule has 0 unspecified atom stereocenters. The van der Waals surface area contributed by atoms with Gasteiger partial charge < -0.3 is 19.9 Å². The van der Waals surface area contributed by atoms with Gasteiger partial charge in [0, 0.05) is 23.2 Å². The highest BCUT2D eigenvalue weighted by Gasteiger charge is 2.46. The van der Waals surface area contributed by atoms with E-state index in [0.29, 0.717) is 17.9 Å². The molecular formula is C21H30N2O6S. The van der Waals surface area contributed by atoms with E-state index >= 15 is 0 Å². The number of carbonyl (C=O) groups excluding carboxylic acids is 1. The third-order valence-corrected chi connectivity index (χ3v) is 6.79. The largest absolute Gasteiger partial charge is 0.487 e. The van der Waals surface area contributed by atoms with Crippen molar-refractivity contribution in [2.24, 2.45) is 0 Å². The summed E-state index contributed by atoms with van der Waals surface area (Å²) in [6, 6.07) is 5.41. The summed E-state index contributed by atoms with van der Waals surface area (Å²) < 4.78 is 37.7. The molecule has 0 spiro atoms. The van der Waals surface area contributed by atoms with Gasteiger partial charge in [0.2, 0.25) is 15.9 Å². The Morgan fingerprint density at radius 3 is 2.70 bits per heavy atom. The molecule has 8 nitrogen and oxygen atoms in total. The number of aliphatic hydroxyl groups excluding tert-OH is 1. The van der Waals surface area contributed by atoms with E-state index in [4.69, 9.17) is 9.47 Å². The summed E-state index contributed by atoms with van der Waals surface area (Å²) in [5.41, 5.74) is 1.35. The molecule has 9 heteroatoms. The minimum absolute atomic E-state index is 0.0197. The number of carbonyl (C=O) groups is 1. The Bertz CT molecular complexity index is 883. The van der Waals surface area contributed by atoms with Gasteiger partial charge in [-0.05, 0) is 37.5 Å². The van der Waals surface area contributed by atoms with Gasteiger partial charge in [0.15, 0.2) is 0 Å². The number of benzene rings is 1. The van der Waals surface area contributed by atoms with Crippen LogP contribution in [0.2, 0.25) is 0 Å². The summed E-state index contributed by atoms with van der Waals surface area (Å²) >= 11 is 0. The first-order chi connectivity index (χ1) is 14.3. The molecule has 3 N–H and O–H groups in total. The van der Waals surface area contributed by atoms with Gasteiger partial charge in [0.25, 0.3) is 0 Å². The maximum absolute atomic E-state index is 12.6. The topological polar surface area (TPSA) is 114 Å². The van der Waals surface area contributed by atoms with Crippen molar-refractivity contribution >= 4 is 21.6 Å². The number of ether oxygens (including phenoxy) is 2. The summed E-state index contributed by atoms with van der Waals surface area (Å²) in [5.74, 6) is 0.576. The summed E-state index contributed by atoms with van der Waals surface area (Å²) in [7, 11) is -3.39. The maximum Gasteiger partial charge on any atom is 0.229 e. The number of sulfonamides is 1. The lowest BCUT2D eigenvalue weighted by Gasteiger charge is -2.37. The van der Waals surface area contributed by atoms with Crippen LogP contribution in [0.25, 0.3) is 0 Å². The third-order valence-electron chi connectivity index (χ3n) is 6.19. The number of fused-ring (bicyclic) bond motifs is 3. The van der Waals surface area contributed by atoms with Crippen molar-refractivity contribution in [3.05, 3.63) is 23.8 Å². The fraction of sp³-hybridized carbons (Fsp3) is 0.667. The van der Waals surface area contributed by atoms with Gasteiger partial charge >= 0.3 is 0 Å². The molecule has 4 atom stereocenters. The van der Waals surface area contributed by atoms with E-state index in [2.05, 4.69) is 10.0 Å². The molecule has 30 heavy (non-hydrogen) atoms. The number of hydrogen-bond acceptors (Lipinski definition) is 6. The molecule has 166 valence electrons. The number of rotatable bonds is 6. The molecule has 1 saturated carbocycles. The summed E-state index contributed by atoms with van der Waals surface area (Å²) in [6.45, 7) is -0.204. The predicted octanol–water partition coefficient (Wildman–Crippen LogP) is 1.89. The Labute approximate surface area is 177 Å². The van der Waals surface area contributed by atoms with Crippen LogP contribution in [-0.2, 0) is 19.6 Å². The smallest absolute Gasteiger partial charge is 0.229 e. The average molecular weight is 439 g/mol. The highest BCUT2D eigenvalue weighted by atomic mass is 32.2. The Balaban J connectivity index is 1.46. The van der Waals surface area contributed by atoms with Gasteiger partial charge in [0.05, 0.1) is 25.4 Å². The van der Waals surface area contributed by atoms with Crippen molar-refractivity contribution in [1.29, 1.82) is 0 Å². The van der Waals surface area contributed by atoms with E-state index in [0.717, 1.165) is 37.5 Å². The van der Waals surface area contributed by atoms with Crippen LogP contribution in [-0.4, -0.2) is 56.6 Å². The molecule has 0 radical (unpaired) electrons. The second-order valence-electron chi connectivity index (χ2n) is 8.64. The molecule has 2 heterocycles. The zero-order chi connectivity index (χ0) is 21.3. The molecule has 1 saturated heterocycles. The second-order valence-corrected chi connectivity index (χ2v) is 10.4. The summed E-state index contributed by atoms with van der Waals surface area (Å²) in [4.78, 5) is 12.6. The maximum atomic E-state index is 12.6. The number of aliphatic hydroxyl groups is 1. The summed E-state index contributed by atoms with van der Waals surface area (Å²) in [5, 5.41) is 13.0. The fourth-order valence-electron chi connectivity index (χ4n) is 4.91. The molecule has 3 aliphatic rings. The lowest BCUT2D eigenvalue weighted by atomic mass is 9.84. The minimum Gasteiger partial charge on any atom is -0.487 e. The van der Waals surface area contributed by atoms with Crippen molar-refractivity contribution in [3.8, 4) is 5.75 Å². The molecule has 0 aromatic heterocycles. The Hall–Kier alpha value is -1.84. The third kappa shape index (κ3) is 4.90. The van der Waals surface area contributed by atoms with Gasteiger partial charge in [-0.1, -0.05) is 19.3 Å².